The van der Waals surface area contributed by atoms with Gasteiger partial charge < -0.3 is 10.1 Å². The lowest BCUT2D eigenvalue weighted by molar-refractivity contribution is 0.340. The standard InChI is InChI=1S/C15H15BrFNO/c1-2-19-14-5-3-4-13(9-14)18-10-11-6-7-12(16)8-15(11)17/h3-9,18H,2,10H2,1H3. The quantitative estimate of drug-likeness (QED) is 0.868. The van der Waals surface area contributed by atoms with E-state index in [1.807, 2.05) is 37.3 Å². The number of halogens is 2. The molecule has 0 unspecified atom stereocenters. The smallest absolute Gasteiger partial charge is 0.129 e. The van der Waals surface area contributed by atoms with E-state index in [1.54, 1.807) is 6.07 Å². The summed E-state index contributed by atoms with van der Waals surface area (Å²) in [5.41, 5.74) is 1.54. The molecular formula is C15H15BrFNO. The van der Waals surface area contributed by atoms with E-state index in [-0.39, 0.29) is 5.82 Å². The monoisotopic (exact) mass is 323 g/mol. The maximum atomic E-state index is 13.7. The topological polar surface area (TPSA) is 21.3 Å². The first kappa shape index (κ1) is 13.9. The van der Waals surface area contributed by atoms with Crippen LogP contribution >= 0.6 is 15.9 Å². The fourth-order valence-corrected chi connectivity index (χ4v) is 2.06. The molecule has 0 atom stereocenters. The molecule has 0 fully saturated rings. The Morgan fingerprint density at radius 1 is 1.21 bits per heavy atom. The Balaban J connectivity index is 2.03. The zero-order chi connectivity index (χ0) is 13.7. The Bertz CT molecular complexity index is 560. The first-order valence-electron chi connectivity index (χ1n) is 6.09. The summed E-state index contributed by atoms with van der Waals surface area (Å²) in [6.45, 7) is 3.01. The minimum atomic E-state index is -0.220. The van der Waals surface area contributed by atoms with Crippen molar-refractivity contribution in [1.82, 2.24) is 0 Å². The third-order valence-electron chi connectivity index (χ3n) is 2.64. The first-order valence-corrected chi connectivity index (χ1v) is 6.89. The summed E-state index contributed by atoms with van der Waals surface area (Å²) in [6, 6.07) is 12.7. The van der Waals surface area contributed by atoms with Gasteiger partial charge >= 0.3 is 0 Å². The van der Waals surface area contributed by atoms with Gasteiger partial charge in [-0.1, -0.05) is 28.1 Å². The van der Waals surface area contributed by atoms with Gasteiger partial charge in [-0.05, 0) is 31.2 Å². The van der Waals surface area contributed by atoms with Gasteiger partial charge in [-0.3, -0.25) is 0 Å². The van der Waals surface area contributed by atoms with Crippen LogP contribution in [0, 0.1) is 5.82 Å². The molecule has 1 N–H and O–H groups in total. The van der Waals surface area contributed by atoms with Crippen LogP contribution in [0.2, 0.25) is 0 Å². The van der Waals surface area contributed by atoms with Gasteiger partial charge in [0.2, 0.25) is 0 Å². The fourth-order valence-electron chi connectivity index (χ4n) is 1.72. The number of rotatable bonds is 5. The van der Waals surface area contributed by atoms with Gasteiger partial charge in [-0.2, -0.15) is 0 Å². The molecule has 0 amide bonds. The van der Waals surface area contributed by atoms with E-state index >= 15 is 0 Å². The highest BCUT2D eigenvalue weighted by Crippen LogP contribution is 2.20. The second kappa shape index (κ2) is 6.57. The van der Waals surface area contributed by atoms with E-state index in [9.17, 15) is 4.39 Å². The molecule has 0 aliphatic carbocycles. The summed E-state index contributed by atoms with van der Waals surface area (Å²) in [5, 5.41) is 3.18. The lowest BCUT2D eigenvalue weighted by atomic mass is 10.2. The van der Waals surface area contributed by atoms with E-state index in [0.29, 0.717) is 18.7 Å². The van der Waals surface area contributed by atoms with Crippen LogP contribution in [0.5, 0.6) is 5.75 Å². The van der Waals surface area contributed by atoms with E-state index in [1.165, 1.54) is 6.07 Å². The second-order valence-electron chi connectivity index (χ2n) is 4.05. The van der Waals surface area contributed by atoms with Gasteiger partial charge in [-0.15, -0.1) is 0 Å². The van der Waals surface area contributed by atoms with Crippen molar-refractivity contribution in [2.24, 2.45) is 0 Å². The van der Waals surface area contributed by atoms with Crippen LogP contribution in [-0.4, -0.2) is 6.61 Å². The minimum absolute atomic E-state index is 0.220. The van der Waals surface area contributed by atoms with E-state index < -0.39 is 0 Å². The molecule has 0 saturated carbocycles. The zero-order valence-electron chi connectivity index (χ0n) is 10.6. The number of anilines is 1. The number of nitrogens with one attached hydrogen (secondary N) is 1. The SMILES string of the molecule is CCOc1cccc(NCc2ccc(Br)cc2F)c1. The summed E-state index contributed by atoms with van der Waals surface area (Å²) in [7, 11) is 0. The van der Waals surface area contributed by atoms with Crippen molar-refractivity contribution in [2.45, 2.75) is 13.5 Å². The molecule has 2 aromatic carbocycles. The lowest BCUT2D eigenvalue weighted by Crippen LogP contribution is -2.02. The first-order chi connectivity index (χ1) is 9.19. The average Bonchev–Trinajstić information content (AvgIpc) is 2.38. The average molecular weight is 324 g/mol. The van der Waals surface area contributed by atoms with Gasteiger partial charge in [0.05, 0.1) is 6.61 Å². The Kier molecular flexibility index (Phi) is 4.80. The maximum absolute atomic E-state index is 13.7. The van der Waals surface area contributed by atoms with E-state index in [4.69, 9.17) is 4.74 Å². The van der Waals surface area contributed by atoms with Gasteiger partial charge in [0.15, 0.2) is 0 Å². The van der Waals surface area contributed by atoms with E-state index in [0.717, 1.165) is 15.9 Å². The van der Waals surface area contributed by atoms with Crippen molar-refractivity contribution in [3.8, 4) is 5.75 Å². The Morgan fingerprint density at radius 2 is 2.05 bits per heavy atom. The van der Waals surface area contributed by atoms with E-state index in [2.05, 4.69) is 21.2 Å². The highest BCUT2D eigenvalue weighted by atomic mass is 79.9. The zero-order valence-corrected chi connectivity index (χ0v) is 12.2. The van der Waals surface area contributed by atoms with Crippen molar-refractivity contribution in [3.05, 3.63) is 58.3 Å². The van der Waals surface area contributed by atoms with Crippen molar-refractivity contribution in [1.29, 1.82) is 0 Å². The molecule has 0 saturated heterocycles. The number of ether oxygens (including phenoxy) is 1. The Morgan fingerprint density at radius 3 is 2.79 bits per heavy atom. The van der Waals surface area contributed by atoms with Gasteiger partial charge in [0.25, 0.3) is 0 Å². The highest BCUT2D eigenvalue weighted by molar-refractivity contribution is 9.10. The molecule has 0 heterocycles. The van der Waals surface area contributed by atoms with Crippen LogP contribution in [0.1, 0.15) is 12.5 Å². The van der Waals surface area contributed by atoms with Gasteiger partial charge in [-0.25, -0.2) is 4.39 Å². The number of hydrogen-bond donors (Lipinski definition) is 1. The van der Waals surface area contributed by atoms with Crippen LogP contribution in [-0.2, 0) is 6.54 Å². The molecule has 4 heteroatoms. The third-order valence-corrected chi connectivity index (χ3v) is 3.14. The Hall–Kier alpha value is -1.55. The van der Waals surface area contributed by atoms with Gasteiger partial charge in [0, 0.05) is 28.3 Å². The molecule has 0 aromatic heterocycles. The normalized spacial score (nSPS) is 10.3. The van der Waals surface area contributed by atoms with Crippen LogP contribution in [0.25, 0.3) is 0 Å². The van der Waals surface area contributed by atoms with Crippen molar-refractivity contribution in [3.63, 3.8) is 0 Å². The summed E-state index contributed by atoms with van der Waals surface area (Å²) in [5.74, 6) is 0.589. The highest BCUT2D eigenvalue weighted by Gasteiger charge is 2.03. The molecular weight excluding hydrogens is 309 g/mol. The molecule has 0 bridgehead atoms. The predicted octanol–water partition coefficient (Wildman–Crippen LogP) is 4.60. The number of hydrogen-bond acceptors (Lipinski definition) is 2. The van der Waals surface area contributed by atoms with Crippen LogP contribution in [0.3, 0.4) is 0 Å². The molecule has 0 aliphatic heterocycles. The summed E-state index contributed by atoms with van der Waals surface area (Å²) in [6.07, 6.45) is 0. The fraction of sp³-hybridized carbons (Fsp3) is 0.200. The third kappa shape index (κ3) is 3.96. The van der Waals surface area contributed by atoms with Crippen molar-refractivity contribution in [2.75, 3.05) is 11.9 Å². The molecule has 2 aromatic rings. The summed E-state index contributed by atoms with van der Waals surface area (Å²) in [4.78, 5) is 0. The molecule has 0 spiro atoms. The molecule has 100 valence electrons. The van der Waals surface area contributed by atoms with Crippen molar-refractivity contribution >= 4 is 21.6 Å². The minimum Gasteiger partial charge on any atom is -0.494 e. The molecule has 2 rings (SSSR count). The molecule has 2 nitrogen and oxygen atoms in total. The molecule has 19 heavy (non-hydrogen) atoms. The van der Waals surface area contributed by atoms with Crippen molar-refractivity contribution < 1.29 is 9.13 Å². The van der Waals surface area contributed by atoms with Crippen LogP contribution < -0.4 is 10.1 Å². The largest absolute Gasteiger partial charge is 0.494 e. The Labute approximate surface area is 120 Å². The molecule has 0 aliphatic rings. The van der Waals surface area contributed by atoms with Crippen LogP contribution in [0.15, 0.2) is 46.9 Å². The maximum Gasteiger partial charge on any atom is 0.129 e. The summed E-state index contributed by atoms with van der Waals surface area (Å²) < 4.78 is 19.8. The lowest BCUT2D eigenvalue weighted by Gasteiger charge is -2.09. The van der Waals surface area contributed by atoms with Crippen LogP contribution in [0.4, 0.5) is 10.1 Å². The molecule has 0 radical (unpaired) electrons. The second-order valence-corrected chi connectivity index (χ2v) is 4.97. The number of benzene rings is 2. The predicted molar refractivity (Wildman–Crippen MR) is 79.0 cm³/mol. The summed E-state index contributed by atoms with van der Waals surface area (Å²) >= 11 is 3.24. The van der Waals surface area contributed by atoms with Gasteiger partial charge in [0.1, 0.15) is 11.6 Å².